The predicted octanol–water partition coefficient (Wildman–Crippen LogP) is -63.7. The zero-order valence-electron chi connectivity index (χ0n) is 80.6. The average molecular weight is 3150 g/mol. The van der Waals surface area contributed by atoms with Gasteiger partial charge in [-0.1, -0.05) is 0 Å². The Labute approximate surface area is 922 Å². The highest BCUT2D eigenvalue weighted by molar-refractivity contribution is 8.35. The first-order valence-electron chi connectivity index (χ1n) is 42.2. The maximum absolute atomic E-state index is 15.1. The second-order valence-electron chi connectivity index (χ2n) is 34.8. The number of hydrogen-bond acceptors (Lipinski definition) is 64. The van der Waals surface area contributed by atoms with Crippen molar-refractivity contribution >= 4 is 562 Å². The highest BCUT2D eigenvalue weighted by atomic mass is 30.6. The molecule has 141 heavy (non-hydrogen) atoms. The van der Waals surface area contributed by atoms with E-state index in [9.17, 15) is 204 Å². The number of rotatable bonds is 86. The average Bonchev–Trinajstić information content (AvgIpc) is 0.610. The molecule has 41 N–H and O–H groups in total. The number of hydrogen-bond donors (Lipinski definition) is 41. The Balaban J connectivity index is 20.1. The lowest BCUT2D eigenvalue weighted by atomic mass is 11.8. The molecule has 0 amide bonds. The quantitative estimate of drug-likeness (QED) is 0.0251. The van der Waals surface area contributed by atoms with Crippen molar-refractivity contribution < 1.29 is 292 Å². The zero-order chi connectivity index (χ0) is 110. The fourth-order valence-corrected chi connectivity index (χ4v) is 1350. The van der Waals surface area contributed by atoms with Gasteiger partial charge in [0.2, 0.25) is 144 Å². The van der Waals surface area contributed by atoms with Gasteiger partial charge in [-0.05, 0) is 72.0 Å². The van der Waals surface area contributed by atoms with Crippen LogP contribution in [-0.2, 0) is 95.0 Å². The summed E-state index contributed by atoms with van der Waals surface area (Å²) in [6.45, 7) is -96.6. The summed E-state index contributed by atoms with van der Waals surface area (Å²) in [6.07, 6.45) is 0. The molecule has 0 aromatic rings. The lowest BCUT2D eigenvalue weighted by Crippen LogP contribution is -3.22. The van der Waals surface area contributed by atoms with Crippen LogP contribution in [0.2, 0.25) is 72.0 Å². The van der Waals surface area contributed by atoms with Crippen molar-refractivity contribution in [1.29, 1.82) is 0 Å². The van der Waals surface area contributed by atoms with Crippen molar-refractivity contribution in [3.63, 3.8) is 0 Å². The van der Waals surface area contributed by atoms with E-state index < -0.39 is 562 Å². The summed E-state index contributed by atoms with van der Waals surface area (Å²) < 4.78 is 178. The lowest BCUT2D eigenvalue weighted by Gasteiger charge is -2.78. The van der Waals surface area contributed by atoms with E-state index >= 15 is 4.80 Å². The molecule has 129 heteroatoms. The van der Waals surface area contributed by atoms with Crippen LogP contribution in [0.5, 0.6) is 0 Å². The third kappa shape index (κ3) is 30.1. The molecule has 0 aromatic heterocycles. The zero-order valence-corrected chi connectivity index (χ0v) is 162. The molecule has 4 unspecified atom stereocenters. The van der Waals surface area contributed by atoms with E-state index in [1.54, 1.807) is 0 Å². The third-order valence-corrected chi connectivity index (χ3v) is 723. The Bertz CT molecular complexity index is 3260. The van der Waals surface area contributed by atoms with E-state index in [1.807, 2.05) is 0 Å². The predicted molar refractivity (Wildman–Crippen MR) is 671 cm³/mol. The first-order valence-corrected chi connectivity index (χ1v) is 207. The van der Waals surface area contributed by atoms with Crippen molar-refractivity contribution in [2.24, 2.45) is 0 Å². The summed E-state index contributed by atoms with van der Waals surface area (Å²) in [5.74, 6) is 0. The summed E-state index contributed by atoms with van der Waals surface area (Å²) >= 11 is 0. The summed E-state index contributed by atoms with van der Waals surface area (Å²) in [7, 11) is -245. The first-order chi connectivity index (χ1) is 65.7. The molecule has 0 aliphatic carbocycles. The van der Waals surface area contributed by atoms with Gasteiger partial charge in [0.15, 0.2) is 175 Å². The fourth-order valence-electron chi connectivity index (χ4n) is 17.7. The molecule has 4 atom stereocenters. The maximum Gasteiger partial charge on any atom is 0.338 e. The smallest absolute Gasteiger partial charge is 0.338 e. The van der Waals surface area contributed by atoms with E-state index in [4.69, 9.17) is 82.6 Å². The van der Waals surface area contributed by atoms with Gasteiger partial charge in [-0.25, -0.2) is 0 Å². The Morgan fingerprint density at radius 2 is 0.404 bits per heavy atom. The largest absolute Gasteiger partial charge is 0.442 e. The molecule has 848 valence electrons. The van der Waals surface area contributed by atoms with Gasteiger partial charge in [0, 0.05) is 16.9 Å². The van der Waals surface area contributed by atoms with Crippen LogP contribution in [0.3, 0.4) is 0 Å². The van der Waals surface area contributed by atoms with Gasteiger partial charge in [-0.15, -0.1) is 0 Å². The van der Waals surface area contributed by atoms with E-state index in [1.165, 1.54) is 19.6 Å². The molecule has 0 fully saturated rings. The van der Waals surface area contributed by atoms with E-state index in [-0.39, 0.29) is 0 Å². The molecule has 0 bridgehead atoms. The van der Waals surface area contributed by atoms with E-state index in [0.717, 1.165) is 59.5 Å². The minimum Gasteiger partial charge on any atom is -0.442 e. The minimum absolute atomic E-state index is 0.784. The topological polar surface area (TPSA) is 1040 Å². The molecule has 0 aliphatic heterocycles. The molecule has 0 radical (unpaired) electrons. The van der Waals surface area contributed by atoms with Gasteiger partial charge >= 0.3 is 78.9 Å². The van der Waals surface area contributed by atoms with Gasteiger partial charge < -0.3 is 292 Å². The molecule has 0 rings (SSSR count). The van der Waals surface area contributed by atoms with Crippen LogP contribution in [0.15, 0.2) is 0 Å². The molecular formula is C12H156O64Si65. The molecule has 0 spiro atoms. The standard InChI is InChI=1S/C12H156O64Si65/c1-54-128(77,98-33)125(68-117(5,6)51,137(115-50,119(9,10)53)69-118(7,8)52)76-139(140(133(107-42,108-43)63-86-21,134(109-44,110-45)64-87-22)73-123(94-29,95-30)57-80-15,141(135(111-46,112-47)65-88-23,136(113-48,114-49)66-89-24)74-124(96-31,97-32)58-81-16)127(70-120(11,12)67-116(2,3)4,138(131(103-38,104-39)61-84-19,132(105-40,106-41)62-85-20)72-122(92-27,93-28)56-79-14)75-126(129(99-34,100-35)59-82-17,130(101-36,102-37)60-83-18)71-121(90-25,91-26)55-78-13/h13-53H,78-115H2,1-12,77H3. The summed E-state index contributed by atoms with van der Waals surface area (Å²) in [5.41, 5.74) is 0. The van der Waals surface area contributed by atoms with Gasteiger partial charge in [0.25, 0.3) is 154 Å². The lowest BCUT2D eigenvalue weighted by molar-refractivity contribution is 0.288. The summed E-state index contributed by atoms with van der Waals surface area (Å²) in [4.78, 5) is 570. The van der Waals surface area contributed by atoms with Gasteiger partial charge in [0.05, 0.1) is 0 Å². The third-order valence-electron chi connectivity index (χ3n) is 23.9. The monoisotopic (exact) mass is 3140 g/mol. The molecule has 0 heterocycles. The van der Waals surface area contributed by atoms with Crippen molar-refractivity contribution in [1.82, 2.24) is 0 Å². The minimum atomic E-state index is -10.0. The van der Waals surface area contributed by atoms with Gasteiger partial charge in [-0.3, -0.25) is 0 Å². The van der Waals surface area contributed by atoms with Gasteiger partial charge in [0.1, 0.15) is 0 Å². The Morgan fingerprint density at radius 3 is 0.589 bits per heavy atom. The highest BCUT2D eigenvalue weighted by Crippen LogP contribution is 2.63. The van der Waals surface area contributed by atoms with Crippen LogP contribution >= 0.6 is 0 Å². The molecule has 0 aliphatic rings. The summed E-state index contributed by atoms with van der Waals surface area (Å²) in [5, 5.41) is 0. The first kappa shape index (κ1) is 153. The second kappa shape index (κ2) is 65.7. The SMILES string of the molecule is CO[Si]([SiH3])([SiH2]O)[Si](O[Si](C)(C)O)(O[Si]([Si](O[Si](C)(C)O[Si](C)(C)C)(O[Si](O[Si](O[SiH2]O)([SiH2]O)[SiH2]O)([Si](O[SiH2]O)([SiH2]O)[SiH2]O)[Si](O[SiH2]O)([SiH2]O)[SiH2]O)[Si](O[Si](O[SiH2]O)([SiH2]O)[SiH2]O)([Si](O[SiH2]O)([SiH2]O)[SiH2]O)[Si](O[SiH2]O)([SiH2]O)[SiH2]O)([Si](O[Si](O[SiH2]O)([SiH2]O)[SiH2]O)([Si](O[SiH2]O)([SiH2]O)[SiH2]O)[Si](O[SiH2]O)([SiH2]O)[SiH2]O)[Si](O[Si](O[SiH2]O)([SiH2]O)[SiH2]O)([Si](O[SiH2]O)([SiH2]O)[SiH2]O)[Si](O[SiH2]O)([SiH2]O)[SiH2]O)[Si](O[Si](C)(C)O)([SiH2]O)[Si](C)(C)O. The van der Waals surface area contributed by atoms with Crippen molar-refractivity contribution in [2.45, 2.75) is 72.0 Å². The molecule has 0 saturated heterocycles. The molecule has 0 saturated carbocycles. The second-order valence-corrected chi connectivity index (χ2v) is 416. The maximum atomic E-state index is 15.1. The van der Waals surface area contributed by atoms with Crippen molar-refractivity contribution in [3.8, 4) is 0 Å². The summed E-state index contributed by atoms with van der Waals surface area (Å²) in [6, 6.07) is 0. The van der Waals surface area contributed by atoms with Crippen molar-refractivity contribution in [2.75, 3.05) is 7.11 Å². The van der Waals surface area contributed by atoms with E-state index in [0.29, 0.717) is 0 Å². The normalized spacial score (nSPS) is 25.6. The Kier molecular flexibility index (Phi) is 71.1. The molecule has 0 aromatic carbocycles. The van der Waals surface area contributed by atoms with Crippen LogP contribution in [-0.4, -0.2) is 766 Å². The van der Waals surface area contributed by atoms with Crippen LogP contribution in [0.1, 0.15) is 0 Å². The van der Waals surface area contributed by atoms with Crippen LogP contribution in [0.4, 0.5) is 0 Å². The molecule has 64 nitrogen and oxygen atoms in total. The van der Waals surface area contributed by atoms with Crippen LogP contribution in [0.25, 0.3) is 0 Å². The fraction of sp³-hybridized carbons (Fsp3) is 1.00. The van der Waals surface area contributed by atoms with Crippen LogP contribution < -0.4 is 0 Å². The molecular weight excluding hydrogens is 2990 g/mol. The van der Waals surface area contributed by atoms with Crippen LogP contribution in [0, 0.1) is 0 Å². The van der Waals surface area contributed by atoms with Crippen molar-refractivity contribution in [3.05, 3.63) is 0 Å². The highest BCUT2D eigenvalue weighted by Gasteiger charge is 3.09. The Morgan fingerprint density at radius 1 is 0.184 bits per heavy atom. The van der Waals surface area contributed by atoms with Gasteiger partial charge in [-0.2, -0.15) is 0 Å². The van der Waals surface area contributed by atoms with E-state index in [2.05, 4.69) is 0 Å². The Hall–Kier alpha value is 11.5.